The van der Waals surface area contributed by atoms with Crippen LogP contribution in [0.4, 0.5) is 0 Å². The largest absolute Gasteiger partial charge is 0.241 e. The summed E-state index contributed by atoms with van der Waals surface area (Å²) in [4.78, 5) is 0.229. The van der Waals surface area contributed by atoms with Crippen LogP contribution >= 0.6 is 27.5 Å². The first kappa shape index (κ1) is 14.3. The monoisotopic (exact) mass is 351 g/mol. The van der Waals surface area contributed by atoms with Gasteiger partial charge in [-0.1, -0.05) is 11.6 Å². The molecular formula is C12H15BrClNO2S. The van der Waals surface area contributed by atoms with E-state index in [4.69, 9.17) is 11.6 Å². The first-order valence-electron chi connectivity index (χ1n) is 5.71. The molecule has 0 bridgehead atoms. The zero-order valence-corrected chi connectivity index (χ0v) is 13.4. The number of hydrogen-bond acceptors (Lipinski definition) is 2. The van der Waals surface area contributed by atoms with Crippen molar-refractivity contribution in [3.8, 4) is 0 Å². The molecule has 100 valence electrons. The highest BCUT2D eigenvalue weighted by Crippen LogP contribution is 2.40. The van der Waals surface area contributed by atoms with Gasteiger partial charge in [0.15, 0.2) is 0 Å². The Balaban J connectivity index is 2.27. The molecule has 1 N–H and O–H groups in total. The van der Waals surface area contributed by atoms with Gasteiger partial charge in [-0.2, -0.15) is 0 Å². The number of rotatable bonds is 4. The second-order valence-corrected chi connectivity index (χ2v) is 8.12. The number of halogens is 2. The smallest absolute Gasteiger partial charge is 0.207 e. The summed E-state index contributed by atoms with van der Waals surface area (Å²) < 4.78 is 27.9. The Kier molecular flexibility index (Phi) is 3.80. The molecule has 0 unspecified atom stereocenters. The van der Waals surface area contributed by atoms with E-state index in [0.29, 0.717) is 15.4 Å². The third-order valence-corrected chi connectivity index (χ3v) is 6.08. The quantitative estimate of drug-likeness (QED) is 0.900. The lowest BCUT2D eigenvalue weighted by Crippen LogP contribution is -2.45. The van der Waals surface area contributed by atoms with Crippen molar-refractivity contribution in [2.75, 3.05) is 0 Å². The standard InChI is InChI=1S/C12H15BrClNO2S/c1-12(2,8-3-4-8)15-18(16,17)9-5-6-11(14)10(13)7-9/h5-8,15H,3-4H2,1-2H3. The minimum absolute atomic E-state index is 0.229. The molecule has 0 heterocycles. The van der Waals surface area contributed by atoms with E-state index in [1.807, 2.05) is 13.8 Å². The molecule has 1 aliphatic rings. The highest BCUT2D eigenvalue weighted by Gasteiger charge is 2.40. The van der Waals surface area contributed by atoms with E-state index in [1.165, 1.54) is 12.1 Å². The Morgan fingerprint density at radius 3 is 2.50 bits per heavy atom. The van der Waals surface area contributed by atoms with E-state index < -0.39 is 15.6 Å². The van der Waals surface area contributed by atoms with Gasteiger partial charge >= 0.3 is 0 Å². The van der Waals surface area contributed by atoms with Crippen LogP contribution in [-0.2, 0) is 10.0 Å². The molecule has 3 nitrogen and oxygen atoms in total. The van der Waals surface area contributed by atoms with Crippen molar-refractivity contribution in [2.24, 2.45) is 5.92 Å². The van der Waals surface area contributed by atoms with Gasteiger partial charge in [-0.05, 0) is 66.7 Å². The maximum absolute atomic E-state index is 12.3. The molecule has 1 saturated carbocycles. The number of benzene rings is 1. The van der Waals surface area contributed by atoms with Crippen LogP contribution in [0, 0.1) is 5.92 Å². The molecule has 2 rings (SSSR count). The van der Waals surface area contributed by atoms with Gasteiger partial charge in [-0.3, -0.25) is 0 Å². The summed E-state index contributed by atoms with van der Waals surface area (Å²) in [7, 11) is -3.50. The lowest BCUT2D eigenvalue weighted by molar-refractivity contribution is 0.400. The predicted octanol–water partition coefficient (Wildman–Crippen LogP) is 3.57. The second kappa shape index (κ2) is 4.78. The molecule has 0 amide bonds. The van der Waals surface area contributed by atoms with Gasteiger partial charge in [0.1, 0.15) is 0 Å². The number of nitrogens with one attached hydrogen (secondary N) is 1. The van der Waals surface area contributed by atoms with Crippen molar-refractivity contribution in [2.45, 2.75) is 37.1 Å². The maximum atomic E-state index is 12.3. The number of hydrogen-bond donors (Lipinski definition) is 1. The summed E-state index contributed by atoms with van der Waals surface area (Å²) in [5.41, 5.74) is -0.398. The lowest BCUT2D eigenvalue weighted by Gasteiger charge is -2.25. The molecule has 0 radical (unpaired) electrons. The van der Waals surface area contributed by atoms with Crippen molar-refractivity contribution < 1.29 is 8.42 Å². The third-order valence-electron chi connectivity index (χ3n) is 3.20. The molecule has 1 aromatic rings. The average molecular weight is 353 g/mol. The SMILES string of the molecule is CC(C)(NS(=O)(=O)c1ccc(Cl)c(Br)c1)C1CC1. The second-order valence-electron chi connectivity index (χ2n) is 5.18. The van der Waals surface area contributed by atoms with Crippen LogP contribution in [0.2, 0.25) is 5.02 Å². The van der Waals surface area contributed by atoms with Gasteiger partial charge in [-0.25, -0.2) is 13.1 Å². The molecule has 6 heteroatoms. The molecule has 1 fully saturated rings. The van der Waals surface area contributed by atoms with Crippen molar-refractivity contribution in [1.82, 2.24) is 4.72 Å². The van der Waals surface area contributed by atoms with Crippen molar-refractivity contribution in [1.29, 1.82) is 0 Å². The summed E-state index contributed by atoms with van der Waals surface area (Å²) in [6.07, 6.45) is 2.17. The lowest BCUT2D eigenvalue weighted by atomic mass is 10.0. The summed E-state index contributed by atoms with van der Waals surface area (Å²) in [5, 5.41) is 0.496. The van der Waals surface area contributed by atoms with E-state index in [0.717, 1.165) is 12.8 Å². The van der Waals surface area contributed by atoms with Crippen LogP contribution in [0.3, 0.4) is 0 Å². The Labute approximate surface area is 121 Å². The maximum Gasteiger partial charge on any atom is 0.241 e. The van der Waals surface area contributed by atoms with Crippen LogP contribution < -0.4 is 4.72 Å². The highest BCUT2D eigenvalue weighted by atomic mass is 79.9. The predicted molar refractivity (Wildman–Crippen MR) is 76.3 cm³/mol. The summed E-state index contributed by atoms with van der Waals surface area (Å²) >= 11 is 9.10. The molecule has 0 spiro atoms. The van der Waals surface area contributed by atoms with Gasteiger partial charge in [-0.15, -0.1) is 0 Å². The van der Waals surface area contributed by atoms with E-state index in [-0.39, 0.29) is 4.90 Å². The van der Waals surface area contributed by atoms with Gasteiger partial charge in [0.25, 0.3) is 0 Å². The van der Waals surface area contributed by atoms with E-state index in [9.17, 15) is 8.42 Å². The molecule has 0 aliphatic heterocycles. The van der Waals surface area contributed by atoms with Crippen LogP contribution in [0.1, 0.15) is 26.7 Å². The molecular weight excluding hydrogens is 338 g/mol. The van der Waals surface area contributed by atoms with Crippen LogP contribution in [0.25, 0.3) is 0 Å². The highest BCUT2D eigenvalue weighted by molar-refractivity contribution is 9.10. The Bertz CT molecular complexity index is 567. The van der Waals surface area contributed by atoms with Crippen LogP contribution in [-0.4, -0.2) is 14.0 Å². The molecule has 1 aromatic carbocycles. The fraction of sp³-hybridized carbons (Fsp3) is 0.500. The molecule has 18 heavy (non-hydrogen) atoms. The Hall–Kier alpha value is -0.100. The van der Waals surface area contributed by atoms with Crippen LogP contribution in [0.15, 0.2) is 27.6 Å². The molecule has 1 aliphatic carbocycles. The summed E-state index contributed by atoms with van der Waals surface area (Å²) in [6, 6.07) is 4.61. The average Bonchev–Trinajstić information content (AvgIpc) is 3.03. The Morgan fingerprint density at radius 1 is 1.39 bits per heavy atom. The topological polar surface area (TPSA) is 46.2 Å². The van der Waals surface area contributed by atoms with Gasteiger partial charge < -0.3 is 0 Å². The normalized spacial score (nSPS) is 16.9. The van der Waals surface area contributed by atoms with E-state index in [1.54, 1.807) is 6.07 Å². The summed E-state index contributed by atoms with van der Waals surface area (Å²) in [5.74, 6) is 0.433. The van der Waals surface area contributed by atoms with Crippen molar-refractivity contribution in [3.05, 3.63) is 27.7 Å². The summed E-state index contributed by atoms with van der Waals surface area (Å²) in [6.45, 7) is 3.85. The first-order chi connectivity index (χ1) is 8.22. The molecule has 0 saturated heterocycles. The van der Waals surface area contributed by atoms with Crippen molar-refractivity contribution >= 4 is 37.6 Å². The zero-order valence-electron chi connectivity index (χ0n) is 10.2. The van der Waals surface area contributed by atoms with Gasteiger partial charge in [0.05, 0.1) is 9.92 Å². The molecule has 0 atom stereocenters. The third kappa shape index (κ3) is 3.07. The van der Waals surface area contributed by atoms with Gasteiger partial charge in [0, 0.05) is 10.0 Å². The first-order valence-corrected chi connectivity index (χ1v) is 8.37. The zero-order chi connectivity index (χ0) is 13.6. The Morgan fingerprint density at radius 2 is 2.00 bits per heavy atom. The van der Waals surface area contributed by atoms with E-state index in [2.05, 4.69) is 20.7 Å². The minimum atomic E-state index is -3.50. The number of sulfonamides is 1. The van der Waals surface area contributed by atoms with E-state index >= 15 is 0 Å². The molecule has 0 aromatic heterocycles. The fourth-order valence-corrected chi connectivity index (χ4v) is 4.08. The van der Waals surface area contributed by atoms with Crippen LogP contribution in [0.5, 0.6) is 0 Å². The van der Waals surface area contributed by atoms with Crippen molar-refractivity contribution in [3.63, 3.8) is 0 Å². The fourth-order valence-electron chi connectivity index (χ4n) is 1.94. The van der Waals surface area contributed by atoms with Gasteiger partial charge in [0.2, 0.25) is 10.0 Å². The minimum Gasteiger partial charge on any atom is -0.207 e.